The molecular formula is C23H22N4O3S2. The number of rotatable bonds is 8. The second-order valence-corrected chi connectivity index (χ2v) is 9.38. The molecular weight excluding hydrogens is 444 g/mol. The van der Waals surface area contributed by atoms with E-state index in [0.29, 0.717) is 23.3 Å². The number of carbonyl (C=O) groups excluding carboxylic acids is 1. The molecule has 1 aromatic heterocycles. The molecule has 32 heavy (non-hydrogen) atoms. The van der Waals surface area contributed by atoms with Gasteiger partial charge in [0.1, 0.15) is 22.0 Å². The highest BCUT2D eigenvalue weighted by atomic mass is 32.2. The summed E-state index contributed by atoms with van der Waals surface area (Å²) in [5.74, 6) is -0.324. The van der Waals surface area contributed by atoms with Crippen molar-refractivity contribution in [1.29, 1.82) is 0 Å². The van der Waals surface area contributed by atoms with E-state index in [1.807, 2.05) is 67.6 Å². The maximum atomic E-state index is 13.6. The molecule has 0 saturated heterocycles. The predicted octanol–water partition coefficient (Wildman–Crippen LogP) is 3.63. The van der Waals surface area contributed by atoms with Crippen molar-refractivity contribution < 1.29 is 13.2 Å². The molecule has 1 atom stereocenters. The van der Waals surface area contributed by atoms with Gasteiger partial charge in [-0.15, -0.1) is 0 Å². The first-order chi connectivity index (χ1) is 15.5. The zero-order valence-electron chi connectivity index (χ0n) is 17.4. The van der Waals surface area contributed by atoms with Gasteiger partial charge in [-0.2, -0.15) is 13.5 Å². The normalized spacial score (nSPS) is 12.5. The van der Waals surface area contributed by atoms with E-state index in [1.54, 1.807) is 17.0 Å². The molecule has 0 fully saturated rings. The molecule has 0 aliphatic rings. The van der Waals surface area contributed by atoms with Gasteiger partial charge >= 0.3 is 0 Å². The second kappa shape index (κ2) is 9.56. The third kappa shape index (κ3) is 4.69. The largest absolute Gasteiger partial charge is 0.311 e. The molecule has 0 radical (unpaired) electrons. The summed E-state index contributed by atoms with van der Waals surface area (Å²) in [5, 5.41) is 0. The van der Waals surface area contributed by atoms with Crippen LogP contribution in [-0.4, -0.2) is 35.7 Å². The third-order valence-electron chi connectivity index (χ3n) is 5.07. The molecule has 0 bridgehead atoms. The fraction of sp³-hybridized carbons (Fsp3) is 0.174. The first-order valence-electron chi connectivity index (χ1n) is 10.1. The quantitative estimate of drug-likeness (QED) is 0.428. The van der Waals surface area contributed by atoms with E-state index in [2.05, 4.69) is 13.5 Å². The number of nitrogens with one attached hydrogen (secondary N) is 1. The number of aromatic nitrogens is 2. The van der Waals surface area contributed by atoms with Crippen LogP contribution < -0.4 is 9.62 Å². The summed E-state index contributed by atoms with van der Waals surface area (Å²) >= 11 is 0.949. The lowest BCUT2D eigenvalue weighted by Gasteiger charge is -2.27. The van der Waals surface area contributed by atoms with Crippen LogP contribution in [0.25, 0.3) is 11.0 Å². The number of fused-ring (bicyclic) bond motifs is 1. The Balaban J connectivity index is 1.70. The molecule has 1 amide bonds. The minimum absolute atomic E-state index is 0.0115. The van der Waals surface area contributed by atoms with E-state index in [-0.39, 0.29) is 17.2 Å². The molecule has 0 aliphatic heterocycles. The van der Waals surface area contributed by atoms with Crippen LogP contribution >= 0.6 is 11.7 Å². The number of anilines is 1. The molecule has 7 nitrogen and oxygen atoms in total. The number of amides is 1. The molecule has 1 heterocycles. The van der Waals surface area contributed by atoms with E-state index < -0.39 is 16.1 Å². The Labute approximate surface area is 191 Å². The van der Waals surface area contributed by atoms with Crippen LogP contribution in [0.2, 0.25) is 0 Å². The van der Waals surface area contributed by atoms with E-state index >= 15 is 0 Å². The Morgan fingerprint density at radius 2 is 1.66 bits per heavy atom. The minimum atomic E-state index is -4.04. The van der Waals surface area contributed by atoms with Crippen molar-refractivity contribution in [3.05, 3.63) is 84.4 Å². The van der Waals surface area contributed by atoms with Crippen LogP contribution in [0.4, 0.5) is 5.69 Å². The lowest BCUT2D eigenvalue weighted by molar-refractivity contribution is -0.120. The monoisotopic (exact) mass is 466 g/mol. The standard InChI is InChI=1S/C23H22N4O3S2/c1-2-27(18-12-7-4-8-13-18)23(28)20(16-17-10-5-3-6-11-17)26-32(29,30)21-15-9-14-19-22(21)25-31-24-19/h3-15,20,26H,2,16H2,1H3. The maximum Gasteiger partial charge on any atom is 0.245 e. The SMILES string of the molecule is CCN(C(=O)C(Cc1ccccc1)NS(=O)(=O)c1cccc2nsnc12)c1ccccc1. The summed E-state index contributed by atoms with van der Waals surface area (Å²) in [6.07, 6.45) is 0.216. The Morgan fingerprint density at radius 3 is 2.34 bits per heavy atom. The van der Waals surface area contributed by atoms with E-state index in [0.717, 1.165) is 17.3 Å². The predicted molar refractivity (Wildman–Crippen MR) is 126 cm³/mol. The molecule has 0 saturated carbocycles. The fourth-order valence-corrected chi connectivity index (χ4v) is 5.50. The number of sulfonamides is 1. The Kier molecular flexibility index (Phi) is 6.59. The van der Waals surface area contributed by atoms with E-state index in [9.17, 15) is 13.2 Å². The number of hydrogen-bond acceptors (Lipinski definition) is 6. The first-order valence-corrected chi connectivity index (χ1v) is 12.3. The second-order valence-electron chi connectivity index (χ2n) is 7.17. The molecule has 3 aromatic carbocycles. The third-order valence-corrected chi connectivity index (χ3v) is 7.11. The Hall–Kier alpha value is -3.14. The molecule has 0 aliphatic carbocycles. The number of hydrogen-bond donors (Lipinski definition) is 1. The zero-order chi connectivity index (χ0) is 22.6. The van der Waals surface area contributed by atoms with Crippen molar-refractivity contribution in [2.24, 2.45) is 0 Å². The van der Waals surface area contributed by atoms with Crippen molar-refractivity contribution in [3.8, 4) is 0 Å². The van der Waals surface area contributed by atoms with Gasteiger partial charge in [0.05, 0.1) is 11.7 Å². The van der Waals surface area contributed by atoms with Crippen LogP contribution in [0.15, 0.2) is 83.8 Å². The van der Waals surface area contributed by atoms with E-state index in [1.165, 1.54) is 6.07 Å². The van der Waals surface area contributed by atoms with Crippen LogP contribution in [0.1, 0.15) is 12.5 Å². The highest BCUT2D eigenvalue weighted by molar-refractivity contribution is 7.89. The van der Waals surface area contributed by atoms with Gasteiger partial charge in [0, 0.05) is 12.2 Å². The van der Waals surface area contributed by atoms with Crippen molar-refractivity contribution in [1.82, 2.24) is 13.5 Å². The average molecular weight is 467 g/mol. The summed E-state index contributed by atoms with van der Waals surface area (Å²) in [7, 11) is -4.04. The smallest absolute Gasteiger partial charge is 0.245 e. The van der Waals surface area contributed by atoms with Crippen molar-refractivity contribution in [2.45, 2.75) is 24.3 Å². The lowest BCUT2D eigenvalue weighted by atomic mass is 10.1. The molecule has 1 unspecified atom stereocenters. The zero-order valence-corrected chi connectivity index (χ0v) is 19.0. The van der Waals surface area contributed by atoms with Gasteiger partial charge in [-0.1, -0.05) is 54.6 Å². The summed E-state index contributed by atoms with van der Waals surface area (Å²) in [5.41, 5.74) is 2.36. The van der Waals surface area contributed by atoms with Gasteiger partial charge < -0.3 is 4.90 Å². The summed E-state index contributed by atoms with van der Waals surface area (Å²) < 4.78 is 37.6. The highest BCUT2D eigenvalue weighted by Gasteiger charge is 2.31. The van der Waals surface area contributed by atoms with Gasteiger partial charge in [0.25, 0.3) is 0 Å². The van der Waals surface area contributed by atoms with Crippen LogP contribution in [0, 0.1) is 0 Å². The first kappa shape index (κ1) is 22.1. The van der Waals surface area contributed by atoms with Crippen molar-refractivity contribution in [3.63, 3.8) is 0 Å². The van der Waals surface area contributed by atoms with E-state index in [4.69, 9.17) is 0 Å². The van der Waals surface area contributed by atoms with Crippen LogP contribution in [0.5, 0.6) is 0 Å². The molecule has 9 heteroatoms. The number of para-hydroxylation sites is 1. The fourth-order valence-electron chi connectivity index (χ4n) is 3.54. The van der Waals surface area contributed by atoms with Crippen molar-refractivity contribution in [2.75, 3.05) is 11.4 Å². The highest BCUT2D eigenvalue weighted by Crippen LogP contribution is 2.22. The molecule has 4 rings (SSSR count). The number of carbonyl (C=O) groups is 1. The molecule has 164 valence electrons. The minimum Gasteiger partial charge on any atom is -0.311 e. The molecule has 0 spiro atoms. The van der Waals surface area contributed by atoms with Gasteiger partial charge in [-0.3, -0.25) is 4.79 Å². The maximum absolute atomic E-state index is 13.6. The van der Waals surface area contributed by atoms with Gasteiger partial charge in [0.2, 0.25) is 15.9 Å². The average Bonchev–Trinajstić information content (AvgIpc) is 3.29. The summed E-state index contributed by atoms with van der Waals surface area (Å²) in [4.78, 5) is 15.2. The van der Waals surface area contributed by atoms with Crippen LogP contribution in [0.3, 0.4) is 0 Å². The Bertz CT molecular complexity index is 1310. The Morgan fingerprint density at radius 1 is 0.969 bits per heavy atom. The topological polar surface area (TPSA) is 92.3 Å². The van der Waals surface area contributed by atoms with Gasteiger partial charge in [0.15, 0.2) is 0 Å². The van der Waals surface area contributed by atoms with Gasteiger partial charge in [-0.25, -0.2) is 8.42 Å². The summed E-state index contributed by atoms with van der Waals surface area (Å²) in [6, 6.07) is 22.4. The molecule has 1 N–H and O–H groups in total. The summed E-state index contributed by atoms with van der Waals surface area (Å²) in [6.45, 7) is 2.27. The van der Waals surface area contributed by atoms with Gasteiger partial charge in [-0.05, 0) is 43.2 Å². The number of benzene rings is 3. The number of nitrogens with zero attached hydrogens (tertiary/aromatic N) is 3. The number of likely N-dealkylation sites (N-methyl/N-ethyl adjacent to an activating group) is 1. The van der Waals surface area contributed by atoms with Crippen LogP contribution in [-0.2, 0) is 21.2 Å². The lowest BCUT2D eigenvalue weighted by Crippen LogP contribution is -2.50. The van der Waals surface area contributed by atoms with Crippen molar-refractivity contribution >= 4 is 44.4 Å². The molecule has 4 aromatic rings.